The van der Waals surface area contributed by atoms with Crippen LogP contribution in [-0.2, 0) is 19.1 Å². The maximum absolute atomic E-state index is 12.4. The van der Waals surface area contributed by atoms with Crippen molar-refractivity contribution in [1.29, 1.82) is 0 Å². The summed E-state index contributed by atoms with van der Waals surface area (Å²) in [6, 6.07) is 0. The molecule has 0 rings (SSSR count). The van der Waals surface area contributed by atoms with E-state index in [-0.39, 0.29) is 25.6 Å². The van der Waals surface area contributed by atoms with Gasteiger partial charge >= 0.3 is 11.9 Å². The summed E-state index contributed by atoms with van der Waals surface area (Å²) >= 11 is 0. The molecule has 0 radical (unpaired) electrons. The van der Waals surface area contributed by atoms with Crippen molar-refractivity contribution in [2.75, 3.05) is 13.2 Å². The number of ether oxygens (including phenoxy) is 2. The largest absolute Gasteiger partial charge is 0.465 e. The van der Waals surface area contributed by atoms with Gasteiger partial charge in [0.15, 0.2) is 5.41 Å². The first-order chi connectivity index (χ1) is 9.04. The van der Waals surface area contributed by atoms with Gasteiger partial charge in [0, 0.05) is 0 Å². The lowest BCUT2D eigenvalue weighted by atomic mass is 9.70. The Morgan fingerprint density at radius 3 is 1.74 bits per heavy atom. The molecule has 4 nitrogen and oxygen atoms in total. The zero-order valence-corrected chi connectivity index (χ0v) is 12.5. The van der Waals surface area contributed by atoms with Gasteiger partial charge in [0.25, 0.3) is 0 Å². The molecular weight excluding hydrogens is 244 g/mol. The minimum atomic E-state index is -1.25. The highest BCUT2D eigenvalue weighted by Crippen LogP contribution is 2.39. The van der Waals surface area contributed by atoms with Crippen LogP contribution in [0.15, 0.2) is 12.7 Å². The van der Waals surface area contributed by atoms with Crippen LogP contribution in [0, 0.1) is 11.3 Å². The molecule has 0 atom stereocenters. The molecule has 0 aliphatic rings. The van der Waals surface area contributed by atoms with Gasteiger partial charge in [-0.2, -0.15) is 0 Å². The Hall–Kier alpha value is -1.32. The van der Waals surface area contributed by atoms with E-state index < -0.39 is 17.4 Å². The van der Waals surface area contributed by atoms with E-state index in [1.165, 1.54) is 0 Å². The van der Waals surface area contributed by atoms with Gasteiger partial charge in [-0.1, -0.05) is 32.8 Å². The Kier molecular flexibility index (Phi) is 8.12. The van der Waals surface area contributed by atoms with Crippen LogP contribution in [0.3, 0.4) is 0 Å². The Morgan fingerprint density at radius 2 is 1.47 bits per heavy atom. The molecule has 0 aliphatic heterocycles. The van der Waals surface area contributed by atoms with E-state index in [2.05, 4.69) is 6.58 Å². The monoisotopic (exact) mass is 270 g/mol. The zero-order chi connectivity index (χ0) is 14.9. The predicted molar refractivity (Wildman–Crippen MR) is 74.6 cm³/mol. The lowest BCUT2D eigenvalue weighted by Gasteiger charge is -2.34. The van der Waals surface area contributed by atoms with Crippen molar-refractivity contribution in [2.45, 2.75) is 47.0 Å². The Labute approximate surface area is 116 Å². The van der Waals surface area contributed by atoms with Crippen LogP contribution < -0.4 is 0 Å². The third-order valence-corrected chi connectivity index (χ3v) is 3.43. The summed E-state index contributed by atoms with van der Waals surface area (Å²) in [6.45, 7) is 11.5. The average molecular weight is 270 g/mol. The second-order valence-electron chi connectivity index (χ2n) is 4.42. The van der Waals surface area contributed by atoms with Crippen molar-refractivity contribution < 1.29 is 19.1 Å². The zero-order valence-electron chi connectivity index (χ0n) is 12.5. The molecule has 0 fully saturated rings. The Morgan fingerprint density at radius 1 is 1.05 bits per heavy atom. The van der Waals surface area contributed by atoms with Crippen LogP contribution in [0.2, 0.25) is 0 Å². The van der Waals surface area contributed by atoms with E-state index in [4.69, 9.17) is 9.47 Å². The maximum Gasteiger partial charge on any atom is 0.324 e. The molecule has 0 aromatic carbocycles. The topological polar surface area (TPSA) is 52.6 Å². The molecule has 19 heavy (non-hydrogen) atoms. The SMILES string of the molecule is C=CCC(C(=O)OCC)(C(=O)OCC)C(CC)CC. The molecule has 0 aromatic heterocycles. The summed E-state index contributed by atoms with van der Waals surface area (Å²) in [4.78, 5) is 24.7. The number of allylic oxidation sites excluding steroid dienone is 1. The fourth-order valence-corrected chi connectivity index (χ4v) is 2.48. The Balaban J connectivity index is 5.63. The molecule has 0 bridgehead atoms. The molecule has 0 spiro atoms. The van der Waals surface area contributed by atoms with Gasteiger partial charge in [0.1, 0.15) is 0 Å². The van der Waals surface area contributed by atoms with Crippen LogP contribution in [-0.4, -0.2) is 25.2 Å². The Bertz CT molecular complexity index is 287. The summed E-state index contributed by atoms with van der Waals surface area (Å²) in [5, 5.41) is 0. The molecule has 0 saturated carbocycles. The predicted octanol–water partition coefficient (Wildman–Crippen LogP) is 3.11. The van der Waals surface area contributed by atoms with Gasteiger partial charge in [-0.15, -0.1) is 6.58 Å². The van der Waals surface area contributed by atoms with Crippen LogP contribution in [0.4, 0.5) is 0 Å². The molecule has 0 aliphatic carbocycles. The van der Waals surface area contributed by atoms with Gasteiger partial charge in [0.05, 0.1) is 13.2 Å². The van der Waals surface area contributed by atoms with Crippen LogP contribution >= 0.6 is 0 Å². The standard InChI is InChI=1S/C15H26O4/c1-6-11-15(12(7-2)8-3,13(16)18-9-4)14(17)19-10-5/h6,12H,1,7-11H2,2-5H3. The molecule has 0 saturated heterocycles. The van der Waals surface area contributed by atoms with E-state index in [0.29, 0.717) is 12.8 Å². The van der Waals surface area contributed by atoms with Crippen molar-refractivity contribution in [3.8, 4) is 0 Å². The lowest BCUT2D eigenvalue weighted by molar-refractivity contribution is -0.177. The van der Waals surface area contributed by atoms with E-state index in [0.717, 1.165) is 0 Å². The van der Waals surface area contributed by atoms with Gasteiger partial charge in [-0.3, -0.25) is 9.59 Å². The maximum atomic E-state index is 12.4. The quantitative estimate of drug-likeness (QED) is 0.367. The van der Waals surface area contributed by atoms with Crippen LogP contribution in [0.1, 0.15) is 47.0 Å². The fourth-order valence-electron chi connectivity index (χ4n) is 2.48. The van der Waals surface area contributed by atoms with E-state index in [1.807, 2.05) is 13.8 Å². The average Bonchev–Trinajstić information content (AvgIpc) is 2.39. The summed E-state index contributed by atoms with van der Waals surface area (Å²) in [5.41, 5.74) is -1.25. The minimum absolute atomic E-state index is 0.108. The molecule has 0 heterocycles. The molecule has 0 amide bonds. The highest BCUT2D eigenvalue weighted by atomic mass is 16.6. The fraction of sp³-hybridized carbons (Fsp3) is 0.733. The van der Waals surface area contributed by atoms with Crippen molar-refractivity contribution in [2.24, 2.45) is 11.3 Å². The van der Waals surface area contributed by atoms with Gasteiger partial charge in [-0.25, -0.2) is 0 Å². The van der Waals surface area contributed by atoms with Gasteiger partial charge < -0.3 is 9.47 Å². The molecule has 0 unspecified atom stereocenters. The van der Waals surface area contributed by atoms with E-state index in [9.17, 15) is 9.59 Å². The van der Waals surface area contributed by atoms with E-state index in [1.54, 1.807) is 19.9 Å². The third kappa shape index (κ3) is 3.82. The number of esters is 2. The first kappa shape index (κ1) is 17.7. The van der Waals surface area contributed by atoms with Crippen LogP contribution in [0.25, 0.3) is 0 Å². The van der Waals surface area contributed by atoms with Crippen molar-refractivity contribution in [1.82, 2.24) is 0 Å². The first-order valence-corrected chi connectivity index (χ1v) is 7.00. The second kappa shape index (κ2) is 8.73. The summed E-state index contributed by atoms with van der Waals surface area (Å²) < 4.78 is 10.2. The van der Waals surface area contributed by atoms with Crippen molar-refractivity contribution in [3.05, 3.63) is 12.7 Å². The highest BCUT2D eigenvalue weighted by Gasteiger charge is 2.52. The van der Waals surface area contributed by atoms with Crippen molar-refractivity contribution >= 4 is 11.9 Å². The van der Waals surface area contributed by atoms with Gasteiger partial charge in [0.2, 0.25) is 0 Å². The third-order valence-electron chi connectivity index (χ3n) is 3.43. The number of hydrogen-bond acceptors (Lipinski definition) is 4. The molecular formula is C15H26O4. The first-order valence-electron chi connectivity index (χ1n) is 7.00. The normalized spacial score (nSPS) is 11.2. The smallest absolute Gasteiger partial charge is 0.324 e. The number of rotatable bonds is 9. The summed E-state index contributed by atoms with van der Waals surface area (Å²) in [5.74, 6) is -1.10. The number of carbonyl (C=O) groups is 2. The van der Waals surface area contributed by atoms with Gasteiger partial charge in [-0.05, 0) is 26.2 Å². The summed E-state index contributed by atoms with van der Waals surface area (Å²) in [6.07, 6.45) is 3.26. The van der Waals surface area contributed by atoms with Crippen LogP contribution in [0.5, 0.6) is 0 Å². The lowest BCUT2D eigenvalue weighted by Crippen LogP contribution is -2.47. The highest BCUT2D eigenvalue weighted by molar-refractivity contribution is 6.00. The molecule has 4 heteroatoms. The second-order valence-corrected chi connectivity index (χ2v) is 4.42. The molecule has 0 N–H and O–H groups in total. The summed E-state index contributed by atoms with van der Waals surface area (Å²) in [7, 11) is 0. The molecule has 0 aromatic rings. The van der Waals surface area contributed by atoms with Crippen molar-refractivity contribution in [3.63, 3.8) is 0 Å². The van der Waals surface area contributed by atoms with E-state index >= 15 is 0 Å². The number of hydrogen-bond donors (Lipinski definition) is 0. The molecule has 110 valence electrons. The minimum Gasteiger partial charge on any atom is -0.465 e. The number of carbonyl (C=O) groups excluding carboxylic acids is 2.